The van der Waals surface area contributed by atoms with Crippen molar-refractivity contribution in [1.82, 2.24) is 19.7 Å². The van der Waals surface area contributed by atoms with E-state index in [0.717, 1.165) is 23.1 Å². The highest BCUT2D eigenvalue weighted by molar-refractivity contribution is 6.01. The van der Waals surface area contributed by atoms with Crippen molar-refractivity contribution in [3.63, 3.8) is 0 Å². The minimum absolute atomic E-state index is 0.218. The molecule has 0 saturated carbocycles. The Kier molecular flexibility index (Phi) is 3.95. The summed E-state index contributed by atoms with van der Waals surface area (Å²) in [6, 6.07) is 4.61. The Bertz CT molecular complexity index is 976. The molecule has 0 unspecified atom stereocenters. The first-order valence-corrected chi connectivity index (χ1v) is 8.49. The average Bonchev–Trinajstić information content (AvgIpc) is 3.36. The lowest BCUT2D eigenvalue weighted by molar-refractivity contribution is -0.119. The molecule has 1 atom stereocenters. The molecule has 0 aliphatic carbocycles. The van der Waals surface area contributed by atoms with Gasteiger partial charge in [0.25, 0.3) is 5.91 Å². The molecule has 134 valence electrons. The Labute approximate surface area is 149 Å². The Hall–Kier alpha value is -3.16. The molecule has 3 aromatic heterocycles. The van der Waals surface area contributed by atoms with Gasteiger partial charge in [-0.05, 0) is 38.0 Å². The van der Waals surface area contributed by atoms with Gasteiger partial charge in [-0.1, -0.05) is 0 Å². The standard InChI is InChI=1S/C18H19N5O3/c1-11-13-9-12(10-19-16(13)22(2)21-11)20-17(24)14-5-3-7-23(14)18(25)15-6-4-8-26-15/h4,6,8-10,14H,3,5,7H2,1-2H3,(H,20,24)/t14-/m0/s1. The summed E-state index contributed by atoms with van der Waals surface area (Å²) in [4.78, 5) is 31.2. The van der Waals surface area contributed by atoms with Gasteiger partial charge in [-0.15, -0.1) is 0 Å². The van der Waals surface area contributed by atoms with Crippen molar-refractivity contribution in [3.05, 3.63) is 42.1 Å². The second kappa shape index (κ2) is 6.29. The molecule has 0 bridgehead atoms. The van der Waals surface area contributed by atoms with E-state index >= 15 is 0 Å². The van der Waals surface area contributed by atoms with Crippen LogP contribution in [0.2, 0.25) is 0 Å². The van der Waals surface area contributed by atoms with Crippen molar-refractivity contribution >= 4 is 28.5 Å². The normalized spacial score (nSPS) is 17.0. The predicted molar refractivity (Wildman–Crippen MR) is 94.6 cm³/mol. The largest absolute Gasteiger partial charge is 0.459 e. The Morgan fingerprint density at radius 3 is 3.00 bits per heavy atom. The van der Waals surface area contributed by atoms with Gasteiger partial charge in [0.2, 0.25) is 5.91 Å². The number of carbonyl (C=O) groups is 2. The topological polar surface area (TPSA) is 93.3 Å². The minimum atomic E-state index is -0.515. The Balaban J connectivity index is 1.54. The molecule has 1 aliphatic heterocycles. The van der Waals surface area contributed by atoms with E-state index in [2.05, 4.69) is 15.4 Å². The third kappa shape index (κ3) is 2.73. The first-order chi connectivity index (χ1) is 12.5. The number of aryl methyl sites for hydroxylation is 2. The molecule has 1 aliphatic rings. The van der Waals surface area contributed by atoms with E-state index < -0.39 is 6.04 Å². The molecule has 2 amide bonds. The van der Waals surface area contributed by atoms with E-state index in [1.165, 1.54) is 6.26 Å². The molecule has 4 heterocycles. The van der Waals surface area contributed by atoms with Crippen molar-refractivity contribution in [2.24, 2.45) is 7.05 Å². The van der Waals surface area contributed by atoms with E-state index in [1.807, 2.05) is 20.0 Å². The van der Waals surface area contributed by atoms with Gasteiger partial charge in [0.05, 0.1) is 23.8 Å². The predicted octanol–water partition coefficient (Wildman–Crippen LogP) is 2.11. The second-order valence-corrected chi connectivity index (χ2v) is 6.43. The number of furan rings is 1. The summed E-state index contributed by atoms with van der Waals surface area (Å²) in [6.07, 6.45) is 4.47. The number of nitrogens with zero attached hydrogens (tertiary/aromatic N) is 4. The highest BCUT2D eigenvalue weighted by Gasteiger charge is 2.35. The lowest BCUT2D eigenvalue weighted by Crippen LogP contribution is -2.43. The first kappa shape index (κ1) is 16.3. The fourth-order valence-corrected chi connectivity index (χ4v) is 3.43. The van der Waals surface area contributed by atoms with Crippen LogP contribution in [-0.2, 0) is 11.8 Å². The lowest BCUT2D eigenvalue weighted by Gasteiger charge is -2.23. The fraction of sp³-hybridized carbons (Fsp3) is 0.333. The van der Waals surface area contributed by atoms with Gasteiger partial charge in [-0.25, -0.2) is 4.98 Å². The molecule has 4 rings (SSSR count). The molecule has 3 aromatic rings. The zero-order chi connectivity index (χ0) is 18.3. The van der Waals surface area contributed by atoms with Crippen LogP contribution < -0.4 is 5.32 Å². The summed E-state index contributed by atoms with van der Waals surface area (Å²) in [7, 11) is 1.83. The third-order valence-corrected chi connectivity index (χ3v) is 4.68. The van der Waals surface area contributed by atoms with Crippen LogP contribution in [0.1, 0.15) is 29.1 Å². The number of rotatable bonds is 3. The SMILES string of the molecule is Cc1nn(C)c2ncc(NC(=O)[C@@H]3CCCN3C(=O)c3ccco3)cc12. The molecule has 8 heteroatoms. The van der Waals surface area contributed by atoms with E-state index in [4.69, 9.17) is 4.42 Å². The minimum Gasteiger partial charge on any atom is -0.459 e. The average molecular weight is 353 g/mol. The number of pyridine rings is 1. The van der Waals surface area contributed by atoms with Gasteiger partial charge >= 0.3 is 0 Å². The van der Waals surface area contributed by atoms with Crippen LogP contribution in [0.5, 0.6) is 0 Å². The first-order valence-electron chi connectivity index (χ1n) is 8.49. The van der Waals surface area contributed by atoms with E-state index in [-0.39, 0.29) is 17.6 Å². The van der Waals surface area contributed by atoms with E-state index in [0.29, 0.717) is 18.7 Å². The monoisotopic (exact) mass is 353 g/mol. The zero-order valence-corrected chi connectivity index (χ0v) is 14.6. The van der Waals surface area contributed by atoms with Crippen molar-refractivity contribution in [3.8, 4) is 0 Å². The summed E-state index contributed by atoms with van der Waals surface area (Å²) in [5.41, 5.74) is 2.20. The van der Waals surface area contributed by atoms with Crippen LogP contribution in [0, 0.1) is 6.92 Å². The number of nitrogens with one attached hydrogen (secondary N) is 1. The molecule has 26 heavy (non-hydrogen) atoms. The highest BCUT2D eigenvalue weighted by atomic mass is 16.3. The molecule has 1 saturated heterocycles. The molecule has 1 N–H and O–H groups in total. The molecule has 8 nitrogen and oxygen atoms in total. The molecular formula is C18H19N5O3. The maximum Gasteiger partial charge on any atom is 0.290 e. The third-order valence-electron chi connectivity index (χ3n) is 4.68. The number of hydrogen-bond donors (Lipinski definition) is 1. The molecular weight excluding hydrogens is 334 g/mol. The van der Waals surface area contributed by atoms with Crippen LogP contribution in [-0.4, -0.2) is 44.1 Å². The molecule has 0 aromatic carbocycles. The van der Waals surface area contributed by atoms with Crippen LogP contribution >= 0.6 is 0 Å². The maximum absolute atomic E-state index is 12.7. The van der Waals surface area contributed by atoms with Crippen molar-refractivity contribution in [2.45, 2.75) is 25.8 Å². The van der Waals surface area contributed by atoms with E-state index in [9.17, 15) is 9.59 Å². The smallest absolute Gasteiger partial charge is 0.290 e. The van der Waals surface area contributed by atoms with Crippen LogP contribution in [0.4, 0.5) is 5.69 Å². The lowest BCUT2D eigenvalue weighted by atomic mass is 10.2. The van der Waals surface area contributed by atoms with Gasteiger partial charge in [0, 0.05) is 19.0 Å². The number of likely N-dealkylation sites (tertiary alicyclic amines) is 1. The number of anilines is 1. The van der Waals surface area contributed by atoms with Crippen LogP contribution in [0.25, 0.3) is 11.0 Å². The summed E-state index contributed by atoms with van der Waals surface area (Å²) in [6.45, 7) is 2.44. The Morgan fingerprint density at radius 1 is 1.38 bits per heavy atom. The van der Waals surface area contributed by atoms with Gasteiger partial charge < -0.3 is 14.6 Å². The fourth-order valence-electron chi connectivity index (χ4n) is 3.43. The van der Waals surface area contributed by atoms with Gasteiger partial charge in [0.15, 0.2) is 11.4 Å². The van der Waals surface area contributed by atoms with Crippen LogP contribution in [0.15, 0.2) is 35.1 Å². The van der Waals surface area contributed by atoms with Gasteiger partial charge in [-0.3, -0.25) is 14.3 Å². The summed E-state index contributed by atoms with van der Waals surface area (Å²) >= 11 is 0. The van der Waals surface area contributed by atoms with Gasteiger partial charge in [-0.2, -0.15) is 5.10 Å². The molecule has 1 fully saturated rings. The van der Waals surface area contributed by atoms with E-state index in [1.54, 1.807) is 27.9 Å². The number of aromatic nitrogens is 3. The van der Waals surface area contributed by atoms with Crippen molar-refractivity contribution < 1.29 is 14.0 Å². The number of fused-ring (bicyclic) bond motifs is 1. The number of hydrogen-bond acceptors (Lipinski definition) is 5. The maximum atomic E-state index is 12.7. The summed E-state index contributed by atoms with van der Waals surface area (Å²) < 4.78 is 6.88. The second-order valence-electron chi connectivity index (χ2n) is 6.43. The highest BCUT2D eigenvalue weighted by Crippen LogP contribution is 2.23. The zero-order valence-electron chi connectivity index (χ0n) is 14.6. The van der Waals surface area contributed by atoms with Crippen molar-refractivity contribution in [2.75, 3.05) is 11.9 Å². The number of amides is 2. The van der Waals surface area contributed by atoms with Crippen molar-refractivity contribution in [1.29, 1.82) is 0 Å². The molecule has 0 spiro atoms. The van der Waals surface area contributed by atoms with Crippen LogP contribution in [0.3, 0.4) is 0 Å². The molecule has 0 radical (unpaired) electrons. The Morgan fingerprint density at radius 2 is 2.23 bits per heavy atom. The van der Waals surface area contributed by atoms with Gasteiger partial charge in [0.1, 0.15) is 6.04 Å². The quantitative estimate of drug-likeness (QED) is 0.778. The number of carbonyl (C=O) groups excluding carboxylic acids is 2. The summed E-state index contributed by atoms with van der Waals surface area (Å²) in [5.74, 6) is -0.229. The summed E-state index contributed by atoms with van der Waals surface area (Å²) in [5, 5.41) is 8.10.